The van der Waals surface area contributed by atoms with E-state index in [4.69, 9.17) is 0 Å². The molecular formula is C15H24N2O. The van der Waals surface area contributed by atoms with Crippen molar-refractivity contribution in [1.82, 2.24) is 4.90 Å². The predicted octanol–water partition coefficient (Wildman–Crippen LogP) is 3.03. The molecule has 3 nitrogen and oxygen atoms in total. The van der Waals surface area contributed by atoms with Crippen LogP contribution in [0.5, 0.6) is 0 Å². The molecule has 0 bridgehead atoms. The third kappa shape index (κ3) is 5.32. The van der Waals surface area contributed by atoms with E-state index in [1.807, 2.05) is 31.2 Å². The van der Waals surface area contributed by atoms with Gasteiger partial charge in [-0.25, -0.2) is 0 Å². The Kier molecular flexibility index (Phi) is 6.44. The average Bonchev–Trinajstić information content (AvgIpc) is 2.38. The SMILES string of the molecule is CCC(=O)c1ccc(NCCCCN(C)C)cc1. The Balaban J connectivity index is 2.29. The van der Waals surface area contributed by atoms with Gasteiger partial charge in [0.2, 0.25) is 0 Å². The summed E-state index contributed by atoms with van der Waals surface area (Å²) >= 11 is 0. The molecule has 0 radical (unpaired) electrons. The molecule has 0 amide bonds. The van der Waals surface area contributed by atoms with Crippen LogP contribution in [0.3, 0.4) is 0 Å². The molecule has 0 atom stereocenters. The minimum Gasteiger partial charge on any atom is -0.385 e. The van der Waals surface area contributed by atoms with Crippen molar-refractivity contribution >= 4 is 11.5 Å². The van der Waals surface area contributed by atoms with Crippen LogP contribution in [0.1, 0.15) is 36.5 Å². The monoisotopic (exact) mass is 248 g/mol. The van der Waals surface area contributed by atoms with Crippen LogP contribution in [0, 0.1) is 0 Å². The number of hydrogen-bond donors (Lipinski definition) is 1. The number of unbranched alkanes of at least 4 members (excludes halogenated alkanes) is 1. The molecule has 0 aliphatic heterocycles. The standard InChI is InChI=1S/C15H24N2O/c1-4-15(18)13-7-9-14(10-8-13)16-11-5-6-12-17(2)3/h7-10,16H,4-6,11-12H2,1-3H3. The largest absolute Gasteiger partial charge is 0.385 e. The molecular weight excluding hydrogens is 224 g/mol. The molecule has 0 spiro atoms. The fourth-order valence-electron chi connectivity index (χ4n) is 1.76. The van der Waals surface area contributed by atoms with Crippen LogP contribution in [-0.2, 0) is 0 Å². The van der Waals surface area contributed by atoms with Gasteiger partial charge in [0, 0.05) is 24.2 Å². The van der Waals surface area contributed by atoms with Crippen molar-refractivity contribution in [3.63, 3.8) is 0 Å². The number of hydrogen-bond acceptors (Lipinski definition) is 3. The van der Waals surface area contributed by atoms with Crippen LogP contribution < -0.4 is 5.32 Å². The molecule has 18 heavy (non-hydrogen) atoms. The Morgan fingerprint density at radius 2 is 1.83 bits per heavy atom. The molecule has 0 aromatic heterocycles. The molecule has 0 unspecified atom stereocenters. The van der Waals surface area contributed by atoms with E-state index in [1.165, 1.54) is 6.42 Å². The summed E-state index contributed by atoms with van der Waals surface area (Å²) in [5, 5.41) is 3.37. The van der Waals surface area contributed by atoms with Crippen molar-refractivity contribution in [2.45, 2.75) is 26.2 Å². The van der Waals surface area contributed by atoms with E-state index in [9.17, 15) is 4.79 Å². The number of anilines is 1. The Morgan fingerprint density at radius 1 is 1.17 bits per heavy atom. The quantitative estimate of drug-likeness (QED) is 0.567. The predicted molar refractivity (Wildman–Crippen MR) is 77.3 cm³/mol. The van der Waals surface area contributed by atoms with Crippen molar-refractivity contribution in [2.75, 3.05) is 32.5 Å². The minimum atomic E-state index is 0.201. The van der Waals surface area contributed by atoms with E-state index in [0.717, 1.165) is 30.8 Å². The number of ketones is 1. The Labute approximate surface area is 110 Å². The first kappa shape index (κ1) is 14.7. The zero-order valence-corrected chi connectivity index (χ0v) is 11.7. The maximum Gasteiger partial charge on any atom is 0.162 e. The van der Waals surface area contributed by atoms with E-state index in [0.29, 0.717) is 6.42 Å². The van der Waals surface area contributed by atoms with Gasteiger partial charge in [-0.1, -0.05) is 6.92 Å². The van der Waals surface area contributed by atoms with Gasteiger partial charge in [-0.05, 0) is 57.7 Å². The van der Waals surface area contributed by atoms with Gasteiger partial charge in [0.15, 0.2) is 5.78 Å². The molecule has 0 saturated heterocycles. The van der Waals surface area contributed by atoms with Gasteiger partial charge in [0.1, 0.15) is 0 Å². The first-order chi connectivity index (χ1) is 8.63. The van der Waals surface area contributed by atoms with Crippen LogP contribution in [0.15, 0.2) is 24.3 Å². The number of nitrogens with one attached hydrogen (secondary N) is 1. The van der Waals surface area contributed by atoms with Crippen LogP contribution in [0.25, 0.3) is 0 Å². The summed E-state index contributed by atoms with van der Waals surface area (Å²) in [6.45, 7) is 4.00. The summed E-state index contributed by atoms with van der Waals surface area (Å²) in [6.07, 6.45) is 2.93. The summed E-state index contributed by atoms with van der Waals surface area (Å²) in [7, 11) is 4.19. The zero-order valence-electron chi connectivity index (χ0n) is 11.7. The van der Waals surface area contributed by atoms with Crippen LogP contribution in [-0.4, -0.2) is 37.9 Å². The van der Waals surface area contributed by atoms with Gasteiger partial charge in [0.05, 0.1) is 0 Å². The molecule has 1 rings (SSSR count). The van der Waals surface area contributed by atoms with Gasteiger partial charge < -0.3 is 10.2 Å². The number of carbonyl (C=O) groups is 1. The molecule has 100 valence electrons. The van der Waals surface area contributed by atoms with Crippen molar-refractivity contribution in [3.8, 4) is 0 Å². The van der Waals surface area contributed by atoms with E-state index in [1.54, 1.807) is 0 Å². The van der Waals surface area contributed by atoms with Crippen molar-refractivity contribution in [3.05, 3.63) is 29.8 Å². The van der Waals surface area contributed by atoms with Gasteiger partial charge in [-0.15, -0.1) is 0 Å². The average molecular weight is 248 g/mol. The van der Waals surface area contributed by atoms with E-state index in [-0.39, 0.29) is 5.78 Å². The summed E-state index contributed by atoms with van der Waals surface area (Å²) in [4.78, 5) is 13.7. The second-order valence-corrected chi connectivity index (χ2v) is 4.79. The number of benzene rings is 1. The highest BCUT2D eigenvalue weighted by Crippen LogP contribution is 2.11. The fraction of sp³-hybridized carbons (Fsp3) is 0.533. The lowest BCUT2D eigenvalue weighted by atomic mass is 10.1. The molecule has 0 heterocycles. The maximum atomic E-state index is 11.5. The summed E-state index contributed by atoms with van der Waals surface area (Å²) < 4.78 is 0. The summed E-state index contributed by atoms with van der Waals surface area (Å²) in [6, 6.07) is 7.76. The normalized spacial score (nSPS) is 10.7. The molecule has 1 aromatic rings. The maximum absolute atomic E-state index is 11.5. The van der Waals surface area contributed by atoms with Crippen LogP contribution >= 0.6 is 0 Å². The molecule has 0 fully saturated rings. The van der Waals surface area contributed by atoms with Gasteiger partial charge >= 0.3 is 0 Å². The van der Waals surface area contributed by atoms with E-state index in [2.05, 4.69) is 24.3 Å². The van der Waals surface area contributed by atoms with Gasteiger partial charge in [-0.3, -0.25) is 4.79 Å². The first-order valence-corrected chi connectivity index (χ1v) is 6.65. The Morgan fingerprint density at radius 3 is 2.39 bits per heavy atom. The lowest BCUT2D eigenvalue weighted by molar-refractivity contribution is 0.0988. The second kappa shape index (κ2) is 7.88. The first-order valence-electron chi connectivity index (χ1n) is 6.65. The lowest BCUT2D eigenvalue weighted by Crippen LogP contribution is -2.14. The molecule has 0 aliphatic rings. The Hall–Kier alpha value is -1.35. The Bertz CT molecular complexity index is 357. The van der Waals surface area contributed by atoms with Crippen LogP contribution in [0.4, 0.5) is 5.69 Å². The van der Waals surface area contributed by atoms with E-state index >= 15 is 0 Å². The van der Waals surface area contributed by atoms with Crippen molar-refractivity contribution in [2.24, 2.45) is 0 Å². The molecule has 3 heteroatoms. The second-order valence-electron chi connectivity index (χ2n) is 4.79. The van der Waals surface area contributed by atoms with Crippen LogP contribution in [0.2, 0.25) is 0 Å². The lowest BCUT2D eigenvalue weighted by Gasteiger charge is -2.10. The van der Waals surface area contributed by atoms with Gasteiger partial charge in [-0.2, -0.15) is 0 Å². The number of nitrogens with zero attached hydrogens (tertiary/aromatic N) is 1. The number of carbonyl (C=O) groups excluding carboxylic acids is 1. The van der Waals surface area contributed by atoms with Gasteiger partial charge in [0.25, 0.3) is 0 Å². The molecule has 1 aromatic carbocycles. The fourth-order valence-corrected chi connectivity index (χ4v) is 1.76. The number of rotatable bonds is 8. The summed E-state index contributed by atoms with van der Waals surface area (Å²) in [5.41, 5.74) is 1.89. The molecule has 0 aliphatic carbocycles. The van der Waals surface area contributed by atoms with Crippen molar-refractivity contribution in [1.29, 1.82) is 0 Å². The highest BCUT2D eigenvalue weighted by molar-refractivity contribution is 5.96. The highest BCUT2D eigenvalue weighted by Gasteiger charge is 2.01. The smallest absolute Gasteiger partial charge is 0.162 e. The van der Waals surface area contributed by atoms with Crippen molar-refractivity contribution < 1.29 is 4.79 Å². The minimum absolute atomic E-state index is 0.201. The number of Topliss-reactive ketones (excluding diaryl/α,β-unsaturated/α-hetero) is 1. The molecule has 1 N–H and O–H groups in total. The third-order valence-electron chi connectivity index (χ3n) is 2.89. The topological polar surface area (TPSA) is 32.3 Å². The zero-order chi connectivity index (χ0) is 13.4. The summed E-state index contributed by atoms with van der Waals surface area (Å²) in [5.74, 6) is 0.201. The third-order valence-corrected chi connectivity index (χ3v) is 2.89. The molecule has 0 saturated carbocycles. The van der Waals surface area contributed by atoms with E-state index < -0.39 is 0 Å². The highest BCUT2D eigenvalue weighted by atomic mass is 16.1.